The molecular weight excluding hydrogens is 178 g/mol. The van der Waals surface area contributed by atoms with Crippen LogP contribution in [0.25, 0.3) is 6.08 Å². The molecule has 0 amide bonds. The number of benzene rings is 1. The summed E-state index contributed by atoms with van der Waals surface area (Å²) in [6, 6.07) is 7.08. The maximum atomic E-state index is 10.3. The van der Waals surface area contributed by atoms with Crippen LogP contribution in [0.3, 0.4) is 0 Å². The lowest BCUT2D eigenvalue weighted by Gasteiger charge is -2.02. The van der Waals surface area contributed by atoms with Gasteiger partial charge in [0.05, 0.1) is 12.4 Å². The number of allylic oxidation sites excluding steroid dienone is 1. The van der Waals surface area contributed by atoms with E-state index in [4.69, 9.17) is 4.74 Å². The van der Waals surface area contributed by atoms with Crippen LogP contribution in [0.5, 0.6) is 0 Å². The molecule has 0 saturated heterocycles. The number of hydrogen-bond acceptors (Lipinski definition) is 3. The van der Waals surface area contributed by atoms with Crippen molar-refractivity contribution >= 4 is 11.8 Å². The molecule has 0 unspecified atom stereocenters. The first-order valence-corrected chi connectivity index (χ1v) is 4.50. The molecule has 3 heteroatoms. The molecule has 0 aliphatic carbocycles. The first-order valence-electron chi connectivity index (χ1n) is 4.50. The van der Waals surface area contributed by atoms with Crippen LogP contribution in [0.1, 0.15) is 19.4 Å². The molecule has 0 aliphatic heterocycles. The van der Waals surface area contributed by atoms with Gasteiger partial charge in [0.15, 0.2) is 0 Å². The Labute approximate surface area is 83.4 Å². The Morgan fingerprint density at radius 3 is 3.00 bits per heavy atom. The predicted molar refractivity (Wildman–Crippen MR) is 57.2 cm³/mol. The number of rotatable bonds is 4. The molecule has 0 heterocycles. The monoisotopic (exact) mass is 191 g/mol. The Balaban J connectivity index is 2.85. The quantitative estimate of drug-likeness (QED) is 0.539. The van der Waals surface area contributed by atoms with E-state index >= 15 is 0 Å². The summed E-state index contributed by atoms with van der Waals surface area (Å²) in [5.74, 6) is 0.829. The van der Waals surface area contributed by atoms with E-state index in [9.17, 15) is 4.91 Å². The summed E-state index contributed by atoms with van der Waals surface area (Å²) in [6.07, 6.45) is 1.87. The van der Waals surface area contributed by atoms with Gasteiger partial charge in [0, 0.05) is 0 Å². The molecule has 1 rings (SSSR count). The number of nitroso groups, excluding NO2 is 1. The molecule has 74 valence electrons. The molecule has 3 nitrogen and oxygen atoms in total. The minimum absolute atomic E-state index is 0.433. The van der Waals surface area contributed by atoms with Gasteiger partial charge in [-0.25, -0.2) is 0 Å². The third-order valence-electron chi connectivity index (χ3n) is 1.72. The number of nitrogens with zero attached hydrogens (tertiary/aromatic N) is 1. The van der Waals surface area contributed by atoms with Crippen LogP contribution >= 0.6 is 0 Å². The van der Waals surface area contributed by atoms with Gasteiger partial charge in [-0.15, -0.1) is 4.91 Å². The maximum Gasteiger partial charge on any atom is 0.108 e. The Bertz CT molecular complexity index is 345. The van der Waals surface area contributed by atoms with E-state index in [2.05, 4.69) is 5.18 Å². The molecular formula is C11H13NO2. The number of hydrogen-bond donors (Lipinski definition) is 0. The lowest BCUT2D eigenvalue weighted by molar-refractivity contribution is 0.235. The van der Waals surface area contributed by atoms with Crippen molar-refractivity contribution in [2.24, 2.45) is 5.18 Å². The van der Waals surface area contributed by atoms with Crippen molar-refractivity contribution in [2.45, 2.75) is 13.8 Å². The van der Waals surface area contributed by atoms with Gasteiger partial charge in [0.2, 0.25) is 0 Å². The molecule has 0 aromatic heterocycles. The molecule has 1 aromatic rings. The van der Waals surface area contributed by atoms with Gasteiger partial charge in [-0.2, -0.15) is 0 Å². The van der Waals surface area contributed by atoms with E-state index < -0.39 is 0 Å². The molecule has 0 fully saturated rings. The second-order valence-electron chi connectivity index (χ2n) is 2.87. The Morgan fingerprint density at radius 1 is 1.57 bits per heavy atom. The van der Waals surface area contributed by atoms with Crippen molar-refractivity contribution in [3.8, 4) is 0 Å². The minimum atomic E-state index is 0.433. The zero-order chi connectivity index (χ0) is 10.4. The molecule has 0 atom stereocenters. The predicted octanol–water partition coefficient (Wildman–Crippen LogP) is 3.48. The Morgan fingerprint density at radius 2 is 2.36 bits per heavy atom. The van der Waals surface area contributed by atoms with Gasteiger partial charge in [-0.05, 0) is 42.8 Å². The molecule has 0 aliphatic rings. The zero-order valence-corrected chi connectivity index (χ0v) is 8.36. The number of ether oxygens (including phenoxy) is 1. The van der Waals surface area contributed by atoms with E-state index in [0.717, 1.165) is 11.3 Å². The third-order valence-corrected chi connectivity index (χ3v) is 1.72. The van der Waals surface area contributed by atoms with Crippen LogP contribution in [0.2, 0.25) is 0 Å². The topological polar surface area (TPSA) is 38.7 Å². The first-order chi connectivity index (χ1) is 6.76. The molecule has 0 saturated carbocycles. The van der Waals surface area contributed by atoms with Gasteiger partial charge in [-0.3, -0.25) is 0 Å². The van der Waals surface area contributed by atoms with E-state index in [0.29, 0.717) is 12.3 Å². The van der Waals surface area contributed by atoms with Crippen molar-refractivity contribution < 1.29 is 4.74 Å². The highest BCUT2D eigenvalue weighted by atomic mass is 16.5. The Kier molecular flexibility index (Phi) is 3.85. The smallest absolute Gasteiger partial charge is 0.108 e. The van der Waals surface area contributed by atoms with Crippen LogP contribution < -0.4 is 0 Å². The fourth-order valence-corrected chi connectivity index (χ4v) is 1.18. The first kappa shape index (κ1) is 10.4. The summed E-state index contributed by atoms with van der Waals surface area (Å²) in [6.45, 7) is 4.46. The van der Waals surface area contributed by atoms with Crippen LogP contribution in [0.15, 0.2) is 35.2 Å². The van der Waals surface area contributed by atoms with Gasteiger partial charge in [0.1, 0.15) is 5.69 Å². The highest BCUT2D eigenvalue weighted by Gasteiger charge is 1.94. The van der Waals surface area contributed by atoms with Crippen LogP contribution in [-0.4, -0.2) is 6.61 Å². The van der Waals surface area contributed by atoms with Gasteiger partial charge in [0.25, 0.3) is 0 Å². The average Bonchev–Trinajstić information content (AvgIpc) is 2.18. The molecule has 0 bridgehead atoms. The largest absolute Gasteiger partial charge is 0.499 e. The van der Waals surface area contributed by atoms with E-state index in [1.807, 2.05) is 26.0 Å². The average molecular weight is 191 g/mol. The second-order valence-corrected chi connectivity index (χ2v) is 2.87. The summed E-state index contributed by atoms with van der Waals surface area (Å²) in [5.41, 5.74) is 1.36. The fourth-order valence-electron chi connectivity index (χ4n) is 1.18. The normalized spacial score (nSPS) is 11.1. The van der Waals surface area contributed by atoms with E-state index in [1.54, 1.807) is 18.2 Å². The standard InChI is InChI=1S/C11H13NO2/c1-3-14-9(2)7-10-5-4-6-11(8-10)12-13/h4-8H,3H2,1-2H3/b9-7-. The lowest BCUT2D eigenvalue weighted by atomic mass is 10.2. The summed E-state index contributed by atoms with van der Waals surface area (Å²) in [4.78, 5) is 10.3. The SMILES string of the molecule is CCO/C(C)=C\c1cccc(N=O)c1. The fraction of sp³-hybridized carbons (Fsp3) is 0.273. The van der Waals surface area contributed by atoms with E-state index in [-0.39, 0.29) is 0 Å². The zero-order valence-electron chi connectivity index (χ0n) is 8.36. The van der Waals surface area contributed by atoms with Crippen molar-refractivity contribution in [1.82, 2.24) is 0 Å². The van der Waals surface area contributed by atoms with E-state index in [1.165, 1.54) is 0 Å². The Hall–Kier alpha value is -1.64. The third kappa shape index (κ3) is 3.01. The maximum absolute atomic E-state index is 10.3. The molecule has 0 radical (unpaired) electrons. The van der Waals surface area contributed by atoms with Crippen molar-refractivity contribution in [2.75, 3.05) is 6.61 Å². The molecule has 14 heavy (non-hydrogen) atoms. The van der Waals surface area contributed by atoms with Crippen molar-refractivity contribution in [1.29, 1.82) is 0 Å². The molecule has 1 aromatic carbocycles. The summed E-state index contributed by atoms with van der Waals surface area (Å²) in [5, 5.41) is 2.86. The summed E-state index contributed by atoms with van der Waals surface area (Å²) in [7, 11) is 0. The highest BCUT2D eigenvalue weighted by molar-refractivity contribution is 5.56. The lowest BCUT2D eigenvalue weighted by Crippen LogP contribution is -1.85. The van der Waals surface area contributed by atoms with Crippen molar-refractivity contribution in [3.63, 3.8) is 0 Å². The summed E-state index contributed by atoms with van der Waals surface area (Å²) < 4.78 is 5.27. The minimum Gasteiger partial charge on any atom is -0.499 e. The highest BCUT2D eigenvalue weighted by Crippen LogP contribution is 2.16. The molecule has 0 spiro atoms. The molecule has 0 N–H and O–H groups in total. The van der Waals surface area contributed by atoms with Crippen molar-refractivity contribution in [3.05, 3.63) is 40.5 Å². The van der Waals surface area contributed by atoms with Gasteiger partial charge < -0.3 is 4.74 Å². The van der Waals surface area contributed by atoms with Crippen LogP contribution in [0.4, 0.5) is 5.69 Å². The van der Waals surface area contributed by atoms with Gasteiger partial charge in [-0.1, -0.05) is 12.1 Å². The van der Waals surface area contributed by atoms with Crippen LogP contribution in [-0.2, 0) is 4.74 Å². The summed E-state index contributed by atoms with van der Waals surface area (Å²) >= 11 is 0. The van der Waals surface area contributed by atoms with Gasteiger partial charge >= 0.3 is 0 Å². The second kappa shape index (κ2) is 5.17. The van der Waals surface area contributed by atoms with Crippen LogP contribution in [0, 0.1) is 4.91 Å².